The topological polar surface area (TPSA) is 36.5 Å². The van der Waals surface area contributed by atoms with E-state index >= 15 is 0 Å². The molecule has 0 amide bonds. The Hall–Kier alpha value is -1.73. The maximum atomic E-state index is 13.3. The second-order valence-electron chi connectivity index (χ2n) is 6.60. The van der Waals surface area contributed by atoms with Crippen molar-refractivity contribution in [3.05, 3.63) is 64.4 Å². The Morgan fingerprint density at radius 1 is 1.22 bits per heavy atom. The molecule has 0 spiro atoms. The summed E-state index contributed by atoms with van der Waals surface area (Å²) in [5, 5.41) is 7.00. The summed E-state index contributed by atoms with van der Waals surface area (Å²) in [5.41, 5.74) is 3.02. The SMILES string of the molecule is Cc1ccc([C@@H](CN2CCOCC2)NC(=S)Nc2ccc(F)c(Cl)c2)cc1. The molecule has 0 aromatic heterocycles. The zero-order valence-corrected chi connectivity index (χ0v) is 16.7. The summed E-state index contributed by atoms with van der Waals surface area (Å²) >= 11 is 11.3. The van der Waals surface area contributed by atoms with E-state index in [-0.39, 0.29) is 11.1 Å². The third-order valence-electron chi connectivity index (χ3n) is 4.51. The molecule has 1 heterocycles. The Labute approximate surface area is 169 Å². The fraction of sp³-hybridized carbons (Fsp3) is 0.350. The van der Waals surface area contributed by atoms with E-state index in [0.717, 1.165) is 38.4 Å². The molecule has 27 heavy (non-hydrogen) atoms. The van der Waals surface area contributed by atoms with E-state index in [1.807, 2.05) is 0 Å². The molecule has 0 bridgehead atoms. The van der Waals surface area contributed by atoms with E-state index < -0.39 is 5.82 Å². The molecule has 1 aliphatic heterocycles. The molecule has 3 rings (SSSR count). The van der Waals surface area contributed by atoms with Crippen LogP contribution in [0.25, 0.3) is 0 Å². The van der Waals surface area contributed by atoms with Crippen molar-refractivity contribution in [3.8, 4) is 0 Å². The molecule has 2 aromatic rings. The number of rotatable bonds is 5. The van der Waals surface area contributed by atoms with Crippen LogP contribution >= 0.6 is 23.8 Å². The second kappa shape index (κ2) is 9.46. The van der Waals surface area contributed by atoms with Gasteiger partial charge in [-0.25, -0.2) is 4.39 Å². The molecule has 0 saturated carbocycles. The van der Waals surface area contributed by atoms with Gasteiger partial charge in [0.2, 0.25) is 0 Å². The lowest BCUT2D eigenvalue weighted by atomic mass is 10.0. The second-order valence-corrected chi connectivity index (χ2v) is 7.42. The van der Waals surface area contributed by atoms with Crippen molar-refractivity contribution in [3.63, 3.8) is 0 Å². The van der Waals surface area contributed by atoms with E-state index in [1.165, 1.54) is 17.7 Å². The summed E-state index contributed by atoms with van der Waals surface area (Å²) < 4.78 is 18.8. The van der Waals surface area contributed by atoms with Crippen LogP contribution in [-0.4, -0.2) is 42.9 Å². The van der Waals surface area contributed by atoms with Gasteiger partial charge >= 0.3 is 0 Å². The van der Waals surface area contributed by atoms with Gasteiger partial charge in [-0.3, -0.25) is 4.90 Å². The minimum Gasteiger partial charge on any atom is -0.379 e. The molecule has 144 valence electrons. The van der Waals surface area contributed by atoms with Crippen LogP contribution in [0.5, 0.6) is 0 Å². The third kappa shape index (κ3) is 5.87. The number of halogens is 2. The molecule has 2 aromatic carbocycles. The van der Waals surface area contributed by atoms with Crippen molar-refractivity contribution in [1.82, 2.24) is 10.2 Å². The predicted octanol–water partition coefficient (Wildman–Crippen LogP) is 4.15. The normalized spacial score (nSPS) is 16.0. The van der Waals surface area contributed by atoms with Crippen molar-refractivity contribution in [1.29, 1.82) is 0 Å². The lowest BCUT2D eigenvalue weighted by Gasteiger charge is -2.31. The number of nitrogens with one attached hydrogen (secondary N) is 2. The third-order valence-corrected chi connectivity index (χ3v) is 5.02. The summed E-state index contributed by atoms with van der Waals surface area (Å²) in [6, 6.07) is 12.9. The van der Waals surface area contributed by atoms with Gasteiger partial charge in [-0.2, -0.15) is 0 Å². The van der Waals surface area contributed by atoms with E-state index in [1.54, 1.807) is 6.07 Å². The van der Waals surface area contributed by atoms with Crippen molar-refractivity contribution in [2.45, 2.75) is 13.0 Å². The maximum absolute atomic E-state index is 13.3. The van der Waals surface area contributed by atoms with Crippen molar-refractivity contribution >= 4 is 34.6 Å². The van der Waals surface area contributed by atoms with Gasteiger partial charge in [0.1, 0.15) is 5.82 Å². The quantitative estimate of drug-likeness (QED) is 0.728. The molecular formula is C20H23ClFN3OS. The van der Waals surface area contributed by atoms with Crippen LogP contribution in [0.3, 0.4) is 0 Å². The Bertz CT molecular complexity index is 781. The van der Waals surface area contributed by atoms with Gasteiger partial charge < -0.3 is 15.4 Å². The highest BCUT2D eigenvalue weighted by Crippen LogP contribution is 2.20. The summed E-state index contributed by atoms with van der Waals surface area (Å²) in [4.78, 5) is 2.36. The van der Waals surface area contributed by atoms with Crippen LogP contribution in [0.4, 0.5) is 10.1 Å². The number of thiocarbonyl (C=S) groups is 1. The zero-order valence-electron chi connectivity index (χ0n) is 15.2. The molecule has 0 radical (unpaired) electrons. The van der Waals surface area contributed by atoms with Crippen LogP contribution in [-0.2, 0) is 4.74 Å². The minimum absolute atomic E-state index is 0.0274. The average Bonchev–Trinajstić information content (AvgIpc) is 2.66. The number of anilines is 1. The molecule has 7 heteroatoms. The molecule has 1 atom stereocenters. The Morgan fingerprint density at radius 3 is 2.59 bits per heavy atom. The summed E-state index contributed by atoms with van der Waals surface area (Å²) in [6.07, 6.45) is 0. The lowest BCUT2D eigenvalue weighted by molar-refractivity contribution is 0.0344. The van der Waals surface area contributed by atoms with Gasteiger partial charge in [-0.05, 0) is 42.9 Å². The van der Waals surface area contributed by atoms with Crippen LogP contribution < -0.4 is 10.6 Å². The highest BCUT2D eigenvalue weighted by molar-refractivity contribution is 7.80. The van der Waals surface area contributed by atoms with E-state index in [0.29, 0.717) is 10.8 Å². The lowest BCUT2D eigenvalue weighted by Crippen LogP contribution is -2.44. The number of ether oxygens (including phenoxy) is 1. The molecule has 1 fully saturated rings. The van der Waals surface area contributed by atoms with E-state index in [9.17, 15) is 4.39 Å². The predicted molar refractivity (Wildman–Crippen MR) is 112 cm³/mol. The number of hydrogen-bond acceptors (Lipinski definition) is 3. The first-order valence-corrected chi connectivity index (χ1v) is 9.69. The Kier molecular flexibility index (Phi) is 7.01. The minimum atomic E-state index is -0.453. The molecule has 1 saturated heterocycles. The molecule has 0 aliphatic carbocycles. The fourth-order valence-electron chi connectivity index (χ4n) is 2.97. The largest absolute Gasteiger partial charge is 0.379 e. The van der Waals surface area contributed by atoms with Gasteiger partial charge in [0.05, 0.1) is 24.3 Å². The van der Waals surface area contributed by atoms with Gasteiger partial charge in [0, 0.05) is 25.3 Å². The monoisotopic (exact) mass is 407 g/mol. The number of hydrogen-bond donors (Lipinski definition) is 2. The highest BCUT2D eigenvalue weighted by Gasteiger charge is 2.19. The first-order valence-electron chi connectivity index (χ1n) is 8.90. The van der Waals surface area contributed by atoms with Gasteiger partial charge in [-0.15, -0.1) is 0 Å². The van der Waals surface area contributed by atoms with Crippen molar-refractivity contribution < 1.29 is 9.13 Å². The van der Waals surface area contributed by atoms with Gasteiger partial charge in [0.25, 0.3) is 0 Å². The van der Waals surface area contributed by atoms with Crippen molar-refractivity contribution in [2.75, 3.05) is 38.2 Å². The average molecular weight is 408 g/mol. The standard InChI is InChI=1S/C20H23ClFN3OS/c1-14-2-4-15(5-3-14)19(13-25-8-10-26-11-9-25)24-20(27)23-16-6-7-18(22)17(21)12-16/h2-7,12,19H,8-11,13H2,1H3,(H2,23,24,27)/t19-/m1/s1. The zero-order chi connectivity index (χ0) is 19.2. The van der Waals surface area contributed by atoms with Crippen LogP contribution in [0.15, 0.2) is 42.5 Å². The summed E-state index contributed by atoms with van der Waals surface area (Å²) in [6.45, 7) is 6.18. The van der Waals surface area contributed by atoms with E-state index in [4.69, 9.17) is 28.6 Å². The number of morpholine rings is 1. The molecule has 1 aliphatic rings. The smallest absolute Gasteiger partial charge is 0.171 e. The van der Waals surface area contributed by atoms with E-state index in [2.05, 4.69) is 46.7 Å². The van der Waals surface area contributed by atoms with Gasteiger partial charge in [-0.1, -0.05) is 41.4 Å². The summed E-state index contributed by atoms with van der Waals surface area (Å²) in [7, 11) is 0. The molecule has 0 unspecified atom stereocenters. The molecular weight excluding hydrogens is 385 g/mol. The van der Waals surface area contributed by atoms with Crippen molar-refractivity contribution in [2.24, 2.45) is 0 Å². The fourth-order valence-corrected chi connectivity index (χ4v) is 3.42. The number of nitrogens with zero attached hydrogens (tertiary/aromatic N) is 1. The molecule has 4 nitrogen and oxygen atoms in total. The maximum Gasteiger partial charge on any atom is 0.171 e. The van der Waals surface area contributed by atoms with Crippen LogP contribution in [0.2, 0.25) is 5.02 Å². The Balaban J connectivity index is 1.70. The number of aryl methyl sites for hydroxylation is 1. The first-order chi connectivity index (χ1) is 13.0. The number of benzene rings is 2. The highest BCUT2D eigenvalue weighted by atomic mass is 35.5. The van der Waals surface area contributed by atoms with Gasteiger partial charge in [0.15, 0.2) is 5.11 Å². The first kappa shape index (κ1) is 20.0. The summed E-state index contributed by atoms with van der Waals surface area (Å²) in [5.74, 6) is -0.453. The van der Waals surface area contributed by atoms with Crippen LogP contribution in [0, 0.1) is 12.7 Å². The molecule has 2 N–H and O–H groups in total. The van der Waals surface area contributed by atoms with Crippen LogP contribution in [0.1, 0.15) is 17.2 Å². The Morgan fingerprint density at radius 2 is 1.93 bits per heavy atom.